The molecule has 0 unspecified atom stereocenters. The Balaban J connectivity index is 0.000000671. The highest BCUT2D eigenvalue weighted by atomic mass is 32.2. The summed E-state index contributed by atoms with van der Waals surface area (Å²) in [5.41, 5.74) is 0. The first-order chi connectivity index (χ1) is 6.43. The van der Waals surface area contributed by atoms with Crippen molar-refractivity contribution in [1.82, 2.24) is 5.32 Å². The molecular weight excluding hydrogens is 178 g/mol. The van der Waals surface area contributed by atoms with Gasteiger partial charge < -0.3 is 5.32 Å². The molecule has 2 heteroatoms. The van der Waals surface area contributed by atoms with Gasteiger partial charge in [-0.25, -0.2) is 0 Å². The van der Waals surface area contributed by atoms with Gasteiger partial charge in [-0.2, -0.15) is 0 Å². The molecular formula is C11H17NS. The lowest BCUT2D eigenvalue weighted by atomic mass is 10.4. The molecule has 0 saturated carbocycles. The molecule has 0 bridgehead atoms. The van der Waals surface area contributed by atoms with Crippen molar-refractivity contribution in [2.75, 3.05) is 19.3 Å². The number of benzene rings is 1. The molecule has 0 amide bonds. The molecule has 0 saturated heterocycles. The summed E-state index contributed by atoms with van der Waals surface area (Å²) in [6.45, 7) is 7.07. The van der Waals surface area contributed by atoms with Gasteiger partial charge in [-0.1, -0.05) is 18.2 Å². The fraction of sp³-hybridized carbons (Fsp3) is 0.273. The van der Waals surface area contributed by atoms with Crippen LogP contribution in [0.5, 0.6) is 0 Å². The molecule has 0 fully saturated rings. The Bertz CT molecular complexity index is 199. The predicted octanol–water partition coefficient (Wildman–Crippen LogP) is 2.80. The van der Waals surface area contributed by atoms with E-state index in [0.29, 0.717) is 0 Å². The minimum atomic E-state index is 1.07. The molecule has 0 aromatic heterocycles. The quantitative estimate of drug-likeness (QED) is 0.450. The van der Waals surface area contributed by atoms with E-state index in [1.54, 1.807) is 0 Å². The Morgan fingerprint density at radius 2 is 1.85 bits per heavy atom. The van der Waals surface area contributed by atoms with Crippen molar-refractivity contribution in [2.45, 2.75) is 4.90 Å². The van der Waals surface area contributed by atoms with Crippen LogP contribution < -0.4 is 5.32 Å². The summed E-state index contributed by atoms with van der Waals surface area (Å²) in [6.07, 6.45) is 0. The molecule has 1 aromatic rings. The highest BCUT2D eigenvalue weighted by Crippen LogP contribution is 2.15. The number of hydrogen-bond acceptors (Lipinski definition) is 2. The molecule has 0 spiro atoms. The lowest BCUT2D eigenvalue weighted by Gasteiger charge is -1.99. The molecule has 1 N–H and O–H groups in total. The van der Waals surface area contributed by atoms with Crippen LogP contribution in [0.2, 0.25) is 0 Å². The molecule has 0 aliphatic rings. The first kappa shape index (κ1) is 12.3. The molecule has 0 atom stereocenters. The van der Waals surface area contributed by atoms with Crippen LogP contribution in [0.1, 0.15) is 0 Å². The van der Waals surface area contributed by atoms with Crippen LogP contribution in [0.3, 0.4) is 0 Å². The lowest BCUT2D eigenvalue weighted by Crippen LogP contribution is -2.09. The first-order valence-corrected chi connectivity index (χ1v) is 5.24. The Labute approximate surface area is 85.2 Å². The van der Waals surface area contributed by atoms with Crippen LogP contribution in [0.15, 0.2) is 48.4 Å². The third-order valence-electron chi connectivity index (χ3n) is 1.36. The van der Waals surface area contributed by atoms with Crippen molar-refractivity contribution in [3.8, 4) is 0 Å². The molecule has 0 aliphatic heterocycles. The third kappa shape index (κ3) is 6.43. The Morgan fingerprint density at radius 3 is 2.38 bits per heavy atom. The van der Waals surface area contributed by atoms with Crippen molar-refractivity contribution in [2.24, 2.45) is 0 Å². The maximum Gasteiger partial charge on any atom is 0.0105 e. The van der Waals surface area contributed by atoms with Crippen LogP contribution in [-0.2, 0) is 0 Å². The summed E-state index contributed by atoms with van der Waals surface area (Å²) in [5.74, 6) is 1.14. The molecule has 72 valence electrons. The zero-order chi connectivity index (χ0) is 9.94. The highest BCUT2D eigenvalue weighted by Gasteiger charge is 1.89. The number of thioether (sulfide) groups is 1. The van der Waals surface area contributed by atoms with Crippen LogP contribution in [-0.4, -0.2) is 19.3 Å². The number of rotatable bonds is 4. The van der Waals surface area contributed by atoms with Crippen LogP contribution in [0.4, 0.5) is 0 Å². The van der Waals surface area contributed by atoms with E-state index < -0.39 is 0 Å². The van der Waals surface area contributed by atoms with E-state index in [4.69, 9.17) is 0 Å². The van der Waals surface area contributed by atoms with Gasteiger partial charge in [-0.15, -0.1) is 24.9 Å². The zero-order valence-electron chi connectivity index (χ0n) is 8.12. The Morgan fingerprint density at radius 1 is 1.23 bits per heavy atom. The molecule has 13 heavy (non-hydrogen) atoms. The fourth-order valence-corrected chi connectivity index (χ4v) is 1.68. The van der Waals surface area contributed by atoms with Crippen molar-refractivity contribution in [3.63, 3.8) is 0 Å². The smallest absolute Gasteiger partial charge is 0.0105 e. The van der Waals surface area contributed by atoms with Crippen molar-refractivity contribution in [1.29, 1.82) is 0 Å². The summed E-state index contributed by atoms with van der Waals surface area (Å²) >= 11 is 1.88. The second kappa shape index (κ2) is 9.36. The average molecular weight is 195 g/mol. The van der Waals surface area contributed by atoms with Gasteiger partial charge in [0.1, 0.15) is 0 Å². The first-order valence-electron chi connectivity index (χ1n) is 4.26. The largest absolute Gasteiger partial charge is 0.319 e. The second-order valence-electron chi connectivity index (χ2n) is 2.27. The van der Waals surface area contributed by atoms with E-state index in [9.17, 15) is 0 Å². The minimum Gasteiger partial charge on any atom is -0.319 e. The van der Waals surface area contributed by atoms with Gasteiger partial charge in [0, 0.05) is 17.2 Å². The number of nitrogens with one attached hydrogen (secondary N) is 1. The molecule has 0 heterocycles. The molecule has 0 aliphatic carbocycles. The molecule has 1 aromatic carbocycles. The van der Waals surface area contributed by atoms with Crippen molar-refractivity contribution >= 4 is 11.8 Å². The van der Waals surface area contributed by atoms with Gasteiger partial charge in [-0.05, 0) is 19.2 Å². The minimum absolute atomic E-state index is 1.07. The fourth-order valence-electron chi connectivity index (χ4n) is 0.788. The molecule has 1 rings (SSSR count). The van der Waals surface area contributed by atoms with E-state index in [2.05, 4.69) is 42.7 Å². The van der Waals surface area contributed by atoms with Gasteiger partial charge in [-0.3, -0.25) is 0 Å². The van der Waals surface area contributed by atoms with Crippen LogP contribution >= 0.6 is 11.8 Å². The van der Waals surface area contributed by atoms with E-state index >= 15 is 0 Å². The second-order valence-corrected chi connectivity index (χ2v) is 3.43. The van der Waals surface area contributed by atoms with Crippen LogP contribution in [0.25, 0.3) is 0 Å². The normalized spacial score (nSPS) is 8.69. The third-order valence-corrected chi connectivity index (χ3v) is 2.38. The van der Waals surface area contributed by atoms with Gasteiger partial charge >= 0.3 is 0 Å². The van der Waals surface area contributed by atoms with E-state index in [1.165, 1.54) is 4.90 Å². The van der Waals surface area contributed by atoms with Gasteiger partial charge in [0.15, 0.2) is 0 Å². The number of hydrogen-bond donors (Lipinski definition) is 1. The predicted molar refractivity (Wildman–Crippen MR) is 62.3 cm³/mol. The van der Waals surface area contributed by atoms with Crippen molar-refractivity contribution < 1.29 is 0 Å². The van der Waals surface area contributed by atoms with E-state index in [-0.39, 0.29) is 0 Å². The maximum atomic E-state index is 3.12. The molecule has 1 nitrogen and oxygen atoms in total. The van der Waals surface area contributed by atoms with Gasteiger partial charge in [0.2, 0.25) is 0 Å². The van der Waals surface area contributed by atoms with E-state index in [0.717, 1.165) is 12.3 Å². The van der Waals surface area contributed by atoms with E-state index in [1.807, 2.05) is 24.9 Å². The van der Waals surface area contributed by atoms with Crippen LogP contribution in [0, 0.1) is 0 Å². The maximum absolute atomic E-state index is 3.12. The SMILES string of the molecule is C=C.CNCCSc1ccccc1. The molecule has 0 radical (unpaired) electrons. The standard InChI is InChI=1S/C9H13NS.C2H4/c1-10-7-8-11-9-5-3-2-4-6-9;1-2/h2-6,10H,7-8H2,1H3;1-2H2. The van der Waals surface area contributed by atoms with Crippen molar-refractivity contribution in [3.05, 3.63) is 43.5 Å². The lowest BCUT2D eigenvalue weighted by molar-refractivity contribution is 0.872. The van der Waals surface area contributed by atoms with Gasteiger partial charge in [0.25, 0.3) is 0 Å². The Kier molecular flexibility index (Phi) is 8.83. The summed E-state index contributed by atoms with van der Waals surface area (Å²) in [6, 6.07) is 10.5. The topological polar surface area (TPSA) is 12.0 Å². The Hall–Kier alpha value is -0.730. The van der Waals surface area contributed by atoms with Gasteiger partial charge in [0.05, 0.1) is 0 Å². The summed E-state index contributed by atoms with van der Waals surface area (Å²) in [7, 11) is 1.98. The summed E-state index contributed by atoms with van der Waals surface area (Å²) < 4.78 is 0. The average Bonchev–Trinajstić information content (AvgIpc) is 2.23. The summed E-state index contributed by atoms with van der Waals surface area (Å²) in [4.78, 5) is 1.35. The summed E-state index contributed by atoms with van der Waals surface area (Å²) in [5, 5.41) is 3.12. The highest BCUT2D eigenvalue weighted by molar-refractivity contribution is 7.99. The monoisotopic (exact) mass is 195 g/mol. The zero-order valence-corrected chi connectivity index (χ0v) is 8.94.